The van der Waals surface area contributed by atoms with Crippen molar-refractivity contribution >= 4 is 52.7 Å². The molecule has 0 saturated carbocycles. The minimum Gasteiger partial charge on any atom is -0.503 e. The lowest BCUT2D eigenvalue weighted by atomic mass is 10.0. The van der Waals surface area contributed by atoms with Gasteiger partial charge in [-0.15, -0.1) is 0 Å². The molecule has 79 heavy (non-hydrogen) atoms. The van der Waals surface area contributed by atoms with E-state index in [2.05, 4.69) is 9.97 Å². The predicted molar refractivity (Wildman–Crippen MR) is 287 cm³/mol. The minimum absolute atomic E-state index is 0.0928. The Kier molecular flexibility index (Phi) is 22.3. The van der Waals surface area contributed by atoms with Gasteiger partial charge in [0, 0.05) is 67.6 Å². The Morgan fingerprint density at radius 2 is 0.949 bits per heavy atom. The summed E-state index contributed by atoms with van der Waals surface area (Å²) in [4.78, 5) is 71.5. The summed E-state index contributed by atoms with van der Waals surface area (Å²) in [6.07, 6.45) is -1.62. The van der Waals surface area contributed by atoms with Crippen molar-refractivity contribution in [2.75, 3.05) is 28.4 Å². The number of benzene rings is 4. The SMILES string of the molecule is COc1cc(F)ccc1[C@@H](Oc1ccc(C)cc1Cl)[C@H](C)OC(=O)[C@H](C)CC(=O)c1nccc(OC)c1O.COc1cc(F)ccc1[C@@H](Oc1ccc(C)cc1Cl)[C@H](C)OC(=O)[C@H](C)CC(=O)c1nccc(OC)c1OC(C)=O. The lowest BCUT2D eigenvalue weighted by molar-refractivity contribution is -0.158. The van der Waals surface area contributed by atoms with Crippen LogP contribution in [0.4, 0.5) is 8.78 Å². The van der Waals surface area contributed by atoms with Crippen molar-refractivity contribution < 1.29 is 80.5 Å². The number of nitrogens with zero attached hydrogens (tertiary/aromatic N) is 2. The molecule has 0 aliphatic heterocycles. The number of pyridine rings is 2. The number of ketones is 2. The zero-order valence-electron chi connectivity index (χ0n) is 45.2. The van der Waals surface area contributed by atoms with E-state index >= 15 is 0 Å². The van der Waals surface area contributed by atoms with Crippen LogP contribution in [0, 0.1) is 37.3 Å². The van der Waals surface area contributed by atoms with Crippen molar-refractivity contribution in [2.24, 2.45) is 11.8 Å². The van der Waals surface area contributed by atoms with Gasteiger partial charge in [-0.05, 0) is 87.4 Å². The van der Waals surface area contributed by atoms with Gasteiger partial charge in [0.05, 0.1) is 50.3 Å². The molecule has 0 radical (unpaired) electrons. The smallest absolute Gasteiger partial charge is 0.309 e. The summed E-state index contributed by atoms with van der Waals surface area (Å²) in [7, 11) is 5.48. The van der Waals surface area contributed by atoms with Gasteiger partial charge in [-0.25, -0.2) is 18.7 Å². The van der Waals surface area contributed by atoms with Crippen LogP contribution >= 0.6 is 23.2 Å². The molecule has 0 fully saturated rings. The number of aromatic hydroxyl groups is 1. The summed E-state index contributed by atoms with van der Waals surface area (Å²) in [5, 5.41) is 10.9. The molecule has 0 aliphatic rings. The van der Waals surface area contributed by atoms with Gasteiger partial charge in [0.2, 0.25) is 5.75 Å². The van der Waals surface area contributed by atoms with E-state index in [1.165, 1.54) is 110 Å². The van der Waals surface area contributed by atoms with E-state index in [9.17, 15) is 37.9 Å². The largest absolute Gasteiger partial charge is 0.503 e. The number of methoxy groups -OCH3 is 4. The van der Waals surface area contributed by atoms with Gasteiger partial charge in [-0.1, -0.05) is 49.2 Å². The van der Waals surface area contributed by atoms with E-state index in [0.717, 1.165) is 11.1 Å². The molecule has 17 nitrogen and oxygen atoms in total. The summed E-state index contributed by atoms with van der Waals surface area (Å²) in [6, 6.07) is 21.1. The number of aryl methyl sites for hydroxylation is 2. The molecule has 420 valence electrons. The van der Waals surface area contributed by atoms with E-state index in [1.54, 1.807) is 44.2 Å². The van der Waals surface area contributed by atoms with Crippen LogP contribution in [-0.4, -0.2) is 85.2 Å². The molecule has 0 bridgehead atoms. The number of esters is 3. The number of Topliss-reactive ketones (excluding diaryl/α,β-unsaturated/α-hetero) is 2. The molecule has 6 atom stereocenters. The second-order valence-corrected chi connectivity index (χ2v) is 18.9. The fourth-order valence-corrected chi connectivity index (χ4v) is 8.38. The minimum atomic E-state index is -0.951. The van der Waals surface area contributed by atoms with Crippen molar-refractivity contribution in [3.63, 3.8) is 0 Å². The summed E-state index contributed by atoms with van der Waals surface area (Å²) >= 11 is 12.8. The summed E-state index contributed by atoms with van der Waals surface area (Å²) in [6.45, 7) is 11.2. The van der Waals surface area contributed by atoms with E-state index in [0.29, 0.717) is 32.7 Å². The maximum absolute atomic E-state index is 14.0. The molecule has 0 unspecified atom stereocenters. The predicted octanol–water partition coefficient (Wildman–Crippen LogP) is 12.0. The molecule has 6 aromatic rings. The summed E-state index contributed by atoms with van der Waals surface area (Å²) in [5.74, 6) is -5.25. The third-order valence-corrected chi connectivity index (χ3v) is 12.5. The quantitative estimate of drug-likeness (QED) is 0.0466. The fourth-order valence-electron chi connectivity index (χ4n) is 7.82. The first kappa shape index (κ1) is 61.8. The molecular formula is C58H60Cl2F2N2O15. The van der Waals surface area contributed by atoms with Gasteiger partial charge < -0.3 is 47.7 Å². The Bertz CT molecular complexity index is 3160. The highest BCUT2D eigenvalue weighted by Crippen LogP contribution is 2.39. The Labute approximate surface area is 465 Å². The van der Waals surface area contributed by atoms with Gasteiger partial charge in [0.1, 0.15) is 46.8 Å². The van der Waals surface area contributed by atoms with Gasteiger partial charge >= 0.3 is 17.9 Å². The first-order chi connectivity index (χ1) is 37.5. The Morgan fingerprint density at radius 1 is 0.544 bits per heavy atom. The van der Waals surface area contributed by atoms with Crippen LogP contribution in [0.3, 0.4) is 0 Å². The lowest BCUT2D eigenvalue weighted by Gasteiger charge is -2.28. The second-order valence-electron chi connectivity index (χ2n) is 18.1. The molecule has 21 heteroatoms. The highest BCUT2D eigenvalue weighted by atomic mass is 35.5. The van der Waals surface area contributed by atoms with Gasteiger partial charge in [0.25, 0.3) is 0 Å². The highest BCUT2D eigenvalue weighted by Gasteiger charge is 2.34. The van der Waals surface area contributed by atoms with E-state index in [-0.39, 0.29) is 53.0 Å². The Hall–Kier alpha value is -8.03. The second kappa shape index (κ2) is 28.6. The van der Waals surface area contributed by atoms with Crippen LogP contribution in [0.15, 0.2) is 97.3 Å². The number of carbonyl (C=O) groups excluding carboxylic acids is 5. The van der Waals surface area contributed by atoms with E-state index in [4.69, 9.17) is 65.8 Å². The molecular weight excluding hydrogens is 1070 g/mol. The number of aromatic nitrogens is 2. The maximum atomic E-state index is 14.0. The maximum Gasteiger partial charge on any atom is 0.309 e. The number of hydrogen-bond acceptors (Lipinski definition) is 17. The Morgan fingerprint density at radius 3 is 1.35 bits per heavy atom. The number of rotatable bonds is 23. The van der Waals surface area contributed by atoms with Crippen molar-refractivity contribution in [1.82, 2.24) is 9.97 Å². The van der Waals surface area contributed by atoms with Crippen LogP contribution in [-0.2, 0) is 23.9 Å². The van der Waals surface area contributed by atoms with Crippen LogP contribution in [0.1, 0.15) is 103 Å². The molecule has 6 rings (SSSR count). The average Bonchev–Trinajstić information content (AvgIpc) is 3.41. The summed E-state index contributed by atoms with van der Waals surface area (Å²) < 4.78 is 77.7. The molecule has 4 aromatic carbocycles. The van der Waals surface area contributed by atoms with Crippen LogP contribution < -0.4 is 33.2 Å². The van der Waals surface area contributed by atoms with Crippen LogP contribution in [0.5, 0.6) is 46.0 Å². The molecule has 0 spiro atoms. The lowest BCUT2D eigenvalue weighted by Crippen LogP contribution is -2.30. The van der Waals surface area contributed by atoms with Crippen molar-refractivity contribution in [2.45, 2.75) is 85.7 Å². The number of hydrogen-bond donors (Lipinski definition) is 1. The molecule has 0 saturated heterocycles. The molecule has 2 aromatic heterocycles. The topological polar surface area (TPSA) is 214 Å². The van der Waals surface area contributed by atoms with Gasteiger partial charge in [0.15, 0.2) is 52.4 Å². The van der Waals surface area contributed by atoms with Gasteiger partial charge in [-0.2, -0.15) is 0 Å². The van der Waals surface area contributed by atoms with Crippen molar-refractivity contribution in [1.29, 1.82) is 0 Å². The van der Waals surface area contributed by atoms with Crippen LogP contribution in [0.25, 0.3) is 0 Å². The first-order valence-electron chi connectivity index (χ1n) is 24.4. The van der Waals surface area contributed by atoms with Crippen molar-refractivity contribution in [3.05, 3.63) is 153 Å². The summed E-state index contributed by atoms with van der Waals surface area (Å²) in [5.41, 5.74) is 2.33. The van der Waals surface area contributed by atoms with Crippen LogP contribution in [0.2, 0.25) is 10.0 Å². The zero-order chi connectivity index (χ0) is 58.2. The van der Waals surface area contributed by atoms with Crippen molar-refractivity contribution in [3.8, 4) is 46.0 Å². The Balaban J connectivity index is 0.000000291. The number of carbonyl (C=O) groups is 5. The van der Waals surface area contributed by atoms with Gasteiger partial charge in [-0.3, -0.25) is 24.0 Å². The number of halogens is 4. The molecule has 2 heterocycles. The monoisotopic (exact) mass is 1130 g/mol. The third-order valence-electron chi connectivity index (χ3n) is 11.9. The zero-order valence-corrected chi connectivity index (χ0v) is 46.7. The third kappa shape index (κ3) is 16.5. The fraction of sp³-hybridized carbons (Fsp3) is 0.328. The molecule has 0 aliphatic carbocycles. The molecule has 0 amide bonds. The molecule has 1 N–H and O–H groups in total. The van der Waals surface area contributed by atoms with E-state index < -0.39 is 83.1 Å². The average molecular weight is 1130 g/mol. The standard InChI is InChI=1S/C30H31ClFNO8.C28H29ClFNO7/c1-16-7-10-24(22(31)13-16)41-28(21-9-8-20(32)15-26(21)38-6)18(3)39-30(36)17(2)14-23(35)27-29(40-19(4)34)25(37-5)11-12-33-27;1-15-6-9-22(20(29)12-15)38-27(19-8-7-18(30)14-24(19)36-5)17(3)37-28(34)16(2)13-21(32)25-26(33)23(35-4)10-11-31-25/h7-13,15,17-18,28H,14H2,1-6H3;6-12,14,16-17,27,33H,13H2,1-5H3/t17-,18+,28+;16-,17+,27+/m11/s1. The highest BCUT2D eigenvalue weighted by molar-refractivity contribution is 6.32. The normalized spacial score (nSPS) is 13.1. The number of ether oxygens (including phenoxy) is 9. The van der Waals surface area contributed by atoms with E-state index in [1.807, 2.05) is 19.9 Å². The first-order valence-corrected chi connectivity index (χ1v) is 25.2.